The highest BCUT2D eigenvalue weighted by atomic mass is 79.9. The first-order chi connectivity index (χ1) is 10.0. The molecule has 2 unspecified atom stereocenters. The summed E-state index contributed by atoms with van der Waals surface area (Å²) in [5.74, 6) is 0.131. The quantitative estimate of drug-likeness (QED) is 0.776. The van der Waals surface area contributed by atoms with Gasteiger partial charge < -0.3 is 14.4 Å². The monoisotopic (exact) mass is 355 g/mol. The lowest BCUT2D eigenvalue weighted by Gasteiger charge is -2.16. The van der Waals surface area contributed by atoms with Crippen LogP contribution in [0.4, 0.5) is 0 Å². The summed E-state index contributed by atoms with van der Waals surface area (Å²) in [4.78, 5) is 25.4. The van der Waals surface area contributed by atoms with Crippen LogP contribution >= 0.6 is 15.9 Å². The maximum absolute atomic E-state index is 12.1. The molecule has 2 atom stereocenters. The Morgan fingerprint density at radius 1 is 1.29 bits per heavy atom. The number of rotatable bonds is 4. The van der Waals surface area contributed by atoms with E-state index in [4.69, 9.17) is 9.47 Å². The highest BCUT2D eigenvalue weighted by Crippen LogP contribution is 2.24. The van der Waals surface area contributed by atoms with Crippen molar-refractivity contribution in [2.45, 2.75) is 6.92 Å². The maximum Gasteiger partial charge on any atom is 0.310 e. The third-order valence-corrected chi connectivity index (χ3v) is 4.17. The molecule has 2 rings (SSSR count). The van der Waals surface area contributed by atoms with Gasteiger partial charge in [0.1, 0.15) is 5.75 Å². The van der Waals surface area contributed by atoms with Gasteiger partial charge in [-0.3, -0.25) is 9.59 Å². The number of nitrogens with zero attached hydrogens (tertiary/aromatic N) is 1. The molecule has 1 heterocycles. The Bertz CT molecular complexity index is 517. The molecule has 1 fully saturated rings. The Kier molecular flexibility index (Phi) is 5.22. The molecule has 0 spiro atoms. The van der Waals surface area contributed by atoms with Crippen LogP contribution in [0.25, 0.3) is 0 Å². The SMILES string of the molecule is COC(=O)C1CN(C(=O)COc2ccc(Br)cc2)CC1C. The molecule has 1 saturated heterocycles. The van der Waals surface area contributed by atoms with Gasteiger partial charge in [-0.15, -0.1) is 0 Å². The molecule has 0 aliphatic carbocycles. The summed E-state index contributed by atoms with van der Waals surface area (Å²) in [5.41, 5.74) is 0. The van der Waals surface area contributed by atoms with Crippen molar-refractivity contribution in [1.82, 2.24) is 4.90 Å². The van der Waals surface area contributed by atoms with Gasteiger partial charge in [0.15, 0.2) is 6.61 Å². The van der Waals surface area contributed by atoms with Gasteiger partial charge in [-0.2, -0.15) is 0 Å². The second-order valence-corrected chi connectivity index (χ2v) is 6.06. The summed E-state index contributed by atoms with van der Waals surface area (Å²) in [7, 11) is 1.37. The van der Waals surface area contributed by atoms with Gasteiger partial charge >= 0.3 is 5.97 Å². The average molecular weight is 356 g/mol. The standard InChI is InChI=1S/C15H18BrNO4/c1-10-7-17(8-13(10)15(19)20-2)14(18)9-21-12-5-3-11(16)4-6-12/h3-6,10,13H,7-9H2,1-2H3. The highest BCUT2D eigenvalue weighted by molar-refractivity contribution is 9.10. The largest absolute Gasteiger partial charge is 0.484 e. The molecule has 114 valence electrons. The van der Waals surface area contributed by atoms with Crippen LogP contribution in [-0.4, -0.2) is 43.6 Å². The van der Waals surface area contributed by atoms with E-state index in [2.05, 4.69) is 15.9 Å². The molecule has 0 bridgehead atoms. The summed E-state index contributed by atoms with van der Waals surface area (Å²) in [6.45, 7) is 2.88. The number of hydrogen-bond donors (Lipinski definition) is 0. The van der Waals surface area contributed by atoms with E-state index in [0.717, 1.165) is 4.47 Å². The maximum atomic E-state index is 12.1. The lowest BCUT2D eigenvalue weighted by Crippen LogP contribution is -2.34. The Balaban J connectivity index is 1.87. The molecule has 1 aliphatic rings. The smallest absolute Gasteiger partial charge is 0.310 e. The van der Waals surface area contributed by atoms with Crippen molar-refractivity contribution in [3.8, 4) is 5.75 Å². The zero-order valence-corrected chi connectivity index (χ0v) is 13.6. The predicted octanol–water partition coefficient (Wildman–Crippen LogP) is 2.10. The summed E-state index contributed by atoms with van der Waals surface area (Å²) >= 11 is 3.34. The molecule has 1 amide bonds. The van der Waals surface area contributed by atoms with Crippen LogP contribution in [-0.2, 0) is 14.3 Å². The van der Waals surface area contributed by atoms with Crippen LogP contribution in [0.5, 0.6) is 5.75 Å². The van der Waals surface area contributed by atoms with E-state index in [1.54, 1.807) is 17.0 Å². The number of amides is 1. The third kappa shape index (κ3) is 3.97. The first-order valence-electron chi connectivity index (χ1n) is 6.75. The second kappa shape index (κ2) is 6.93. The predicted molar refractivity (Wildman–Crippen MR) is 80.9 cm³/mol. The van der Waals surface area contributed by atoms with Gasteiger partial charge in [0, 0.05) is 17.6 Å². The summed E-state index contributed by atoms with van der Waals surface area (Å²) in [5, 5.41) is 0. The number of esters is 1. The van der Waals surface area contributed by atoms with Crippen LogP contribution in [0.3, 0.4) is 0 Å². The molecule has 1 aromatic rings. The highest BCUT2D eigenvalue weighted by Gasteiger charge is 2.37. The normalized spacial score (nSPS) is 21.2. The molecule has 6 heteroatoms. The Morgan fingerprint density at radius 3 is 2.57 bits per heavy atom. The lowest BCUT2D eigenvalue weighted by atomic mass is 9.99. The fourth-order valence-electron chi connectivity index (χ4n) is 2.40. The molecule has 0 radical (unpaired) electrons. The topological polar surface area (TPSA) is 55.8 Å². The number of hydrogen-bond acceptors (Lipinski definition) is 4. The first kappa shape index (κ1) is 15.8. The van der Waals surface area contributed by atoms with Gasteiger partial charge in [0.25, 0.3) is 5.91 Å². The Hall–Kier alpha value is -1.56. The van der Waals surface area contributed by atoms with Crippen LogP contribution < -0.4 is 4.74 Å². The van der Waals surface area contributed by atoms with E-state index in [1.165, 1.54) is 7.11 Å². The van der Waals surface area contributed by atoms with Crippen molar-refractivity contribution < 1.29 is 19.1 Å². The average Bonchev–Trinajstić information content (AvgIpc) is 2.87. The molecule has 21 heavy (non-hydrogen) atoms. The number of methoxy groups -OCH3 is 1. The zero-order chi connectivity index (χ0) is 15.4. The fourth-order valence-corrected chi connectivity index (χ4v) is 2.66. The van der Waals surface area contributed by atoms with Crippen LogP contribution in [0.1, 0.15) is 6.92 Å². The molecule has 0 saturated carbocycles. The third-order valence-electron chi connectivity index (χ3n) is 3.64. The van der Waals surface area contributed by atoms with E-state index in [1.807, 2.05) is 19.1 Å². The molecule has 5 nitrogen and oxygen atoms in total. The summed E-state index contributed by atoms with van der Waals surface area (Å²) in [6.07, 6.45) is 0. The van der Waals surface area contributed by atoms with E-state index >= 15 is 0 Å². The van der Waals surface area contributed by atoms with E-state index in [9.17, 15) is 9.59 Å². The number of halogens is 1. The lowest BCUT2D eigenvalue weighted by molar-refractivity contribution is -0.146. The van der Waals surface area contributed by atoms with Crippen LogP contribution in [0, 0.1) is 11.8 Å². The molecule has 0 N–H and O–H groups in total. The van der Waals surface area contributed by atoms with Gasteiger partial charge in [-0.05, 0) is 30.2 Å². The number of carbonyl (C=O) groups excluding carboxylic acids is 2. The van der Waals surface area contributed by atoms with E-state index in [0.29, 0.717) is 18.8 Å². The Morgan fingerprint density at radius 2 is 1.95 bits per heavy atom. The van der Waals surface area contributed by atoms with Crippen molar-refractivity contribution in [2.75, 3.05) is 26.8 Å². The van der Waals surface area contributed by atoms with Crippen LogP contribution in [0.15, 0.2) is 28.7 Å². The van der Waals surface area contributed by atoms with Gasteiger partial charge in [0.2, 0.25) is 0 Å². The van der Waals surface area contributed by atoms with Crippen molar-refractivity contribution >= 4 is 27.8 Å². The second-order valence-electron chi connectivity index (χ2n) is 5.15. The number of carbonyl (C=O) groups is 2. The van der Waals surface area contributed by atoms with Crippen molar-refractivity contribution in [3.63, 3.8) is 0 Å². The fraction of sp³-hybridized carbons (Fsp3) is 0.467. The van der Waals surface area contributed by atoms with E-state index < -0.39 is 0 Å². The molecular weight excluding hydrogens is 338 g/mol. The minimum absolute atomic E-state index is 0.0256. The number of likely N-dealkylation sites (tertiary alicyclic amines) is 1. The minimum atomic E-state index is -0.258. The van der Waals surface area contributed by atoms with Gasteiger partial charge in [0.05, 0.1) is 13.0 Å². The van der Waals surface area contributed by atoms with Crippen molar-refractivity contribution in [2.24, 2.45) is 11.8 Å². The molecular formula is C15H18BrNO4. The van der Waals surface area contributed by atoms with Crippen molar-refractivity contribution in [1.29, 1.82) is 0 Å². The summed E-state index contributed by atoms with van der Waals surface area (Å²) in [6, 6.07) is 7.29. The van der Waals surface area contributed by atoms with Gasteiger partial charge in [-0.25, -0.2) is 0 Å². The summed E-state index contributed by atoms with van der Waals surface area (Å²) < 4.78 is 11.2. The van der Waals surface area contributed by atoms with E-state index in [-0.39, 0.29) is 30.3 Å². The first-order valence-corrected chi connectivity index (χ1v) is 7.54. The van der Waals surface area contributed by atoms with Crippen LogP contribution in [0.2, 0.25) is 0 Å². The zero-order valence-electron chi connectivity index (χ0n) is 12.0. The molecule has 0 aromatic heterocycles. The molecule has 1 aliphatic heterocycles. The Labute approximate surface area is 132 Å². The minimum Gasteiger partial charge on any atom is -0.484 e. The molecule has 1 aromatic carbocycles. The van der Waals surface area contributed by atoms with Gasteiger partial charge in [-0.1, -0.05) is 22.9 Å². The number of benzene rings is 1. The van der Waals surface area contributed by atoms with Crippen molar-refractivity contribution in [3.05, 3.63) is 28.7 Å². The number of ether oxygens (including phenoxy) is 2.